The van der Waals surface area contributed by atoms with E-state index in [2.05, 4.69) is 51.8 Å². The third kappa shape index (κ3) is 3.84. The monoisotopic (exact) mass is 323 g/mol. The van der Waals surface area contributed by atoms with Crippen molar-refractivity contribution in [1.82, 2.24) is 15.2 Å². The van der Waals surface area contributed by atoms with Gasteiger partial charge >= 0.3 is 0 Å². The zero-order chi connectivity index (χ0) is 16.9. The largest absolute Gasteiger partial charge is 0.339 e. The molecule has 0 aliphatic heterocycles. The average Bonchev–Trinajstić information content (AvgIpc) is 2.58. The van der Waals surface area contributed by atoms with Crippen molar-refractivity contribution in [2.75, 3.05) is 10.6 Å². The number of halogens is 1. The molecule has 5 nitrogen and oxygen atoms in total. The number of benzene rings is 2. The number of para-hydroxylation sites is 1. The van der Waals surface area contributed by atoms with Gasteiger partial charge in [0.25, 0.3) is 0 Å². The molecule has 24 heavy (non-hydrogen) atoms. The van der Waals surface area contributed by atoms with E-state index in [9.17, 15) is 4.39 Å². The summed E-state index contributed by atoms with van der Waals surface area (Å²) in [5.41, 5.74) is 2.47. The molecule has 1 heterocycles. The molecule has 0 unspecified atom stereocenters. The second-order valence-electron chi connectivity index (χ2n) is 5.67. The van der Waals surface area contributed by atoms with Crippen molar-refractivity contribution in [2.45, 2.75) is 19.8 Å². The second kappa shape index (κ2) is 7.04. The molecule has 0 aliphatic rings. The van der Waals surface area contributed by atoms with E-state index in [1.165, 1.54) is 17.8 Å². The molecular formula is C18H18FN5. The summed E-state index contributed by atoms with van der Waals surface area (Å²) in [6, 6.07) is 14.5. The Morgan fingerprint density at radius 2 is 1.71 bits per heavy atom. The first-order valence-corrected chi connectivity index (χ1v) is 7.70. The van der Waals surface area contributed by atoms with Crippen molar-refractivity contribution in [3.05, 3.63) is 66.1 Å². The Kier molecular flexibility index (Phi) is 4.65. The van der Waals surface area contributed by atoms with Gasteiger partial charge in [-0.05, 0) is 35.7 Å². The first kappa shape index (κ1) is 15.9. The summed E-state index contributed by atoms with van der Waals surface area (Å²) >= 11 is 0. The smallest absolute Gasteiger partial charge is 0.249 e. The highest BCUT2D eigenvalue weighted by molar-refractivity contribution is 5.59. The van der Waals surface area contributed by atoms with Crippen LogP contribution >= 0.6 is 0 Å². The van der Waals surface area contributed by atoms with Gasteiger partial charge in [-0.15, -0.1) is 5.10 Å². The number of aromatic nitrogens is 3. The van der Waals surface area contributed by atoms with Crippen LogP contribution in [0.3, 0.4) is 0 Å². The molecule has 0 aliphatic carbocycles. The maximum atomic E-state index is 13.7. The van der Waals surface area contributed by atoms with Crippen LogP contribution in [0.25, 0.3) is 0 Å². The summed E-state index contributed by atoms with van der Waals surface area (Å²) in [4.78, 5) is 4.30. The van der Waals surface area contributed by atoms with Crippen LogP contribution < -0.4 is 10.6 Å². The molecule has 122 valence electrons. The van der Waals surface area contributed by atoms with E-state index in [0.29, 0.717) is 17.4 Å². The van der Waals surface area contributed by atoms with Gasteiger partial charge in [-0.3, -0.25) is 0 Å². The van der Waals surface area contributed by atoms with Crippen LogP contribution in [0.4, 0.5) is 27.5 Å². The number of hydrogen-bond acceptors (Lipinski definition) is 5. The summed E-state index contributed by atoms with van der Waals surface area (Å²) < 4.78 is 13.7. The molecule has 0 saturated heterocycles. The van der Waals surface area contributed by atoms with E-state index in [-0.39, 0.29) is 11.8 Å². The quantitative estimate of drug-likeness (QED) is 0.717. The molecule has 0 amide bonds. The van der Waals surface area contributed by atoms with Crippen molar-refractivity contribution in [3.8, 4) is 0 Å². The number of anilines is 4. The lowest BCUT2D eigenvalue weighted by Crippen LogP contribution is -2.03. The maximum absolute atomic E-state index is 13.7. The molecule has 3 aromatic rings. The number of hydrogen-bond donors (Lipinski definition) is 2. The fourth-order valence-electron chi connectivity index (χ4n) is 2.20. The van der Waals surface area contributed by atoms with Crippen LogP contribution in [0.15, 0.2) is 54.7 Å². The maximum Gasteiger partial charge on any atom is 0.249 e. The predicted molar refractivity (Wildman–Crippen MR) is 93.3 cm³/mol. The van der Waals surface area contributed by atoms with Gasteiger partial charge in [-0.1, -0.05) is 38.1 Å². The molecule has 0 saturated carbocycles. The van der Waals surface area contributed by atoms with E-state index in [1.54, 1.807) is 18.2 Å². The van der Waals surface area contributed by atoms with E-state index in [4.69, 9.17) is 0 Å². The lowest BCUT2D eigenvalue weighted by Gasteiger charge is -2.10. The first-order valence-electron chi connectivity index (χ1n) is 7.70. The van der Waals surface area contributed by atoms with Crippen molar-refractivity contribution in [2.24, 2.45) is 0 Å². The minimum atomic E-state index is -0.372. The normalized spacial score (nSPS) is 10.7. The summed E-state index contributed by atoms with van der Waals surface area (Å²) in [6.07, 6.45) is 1.52. The zero-order valence-corrected chi connectivity index (χ0v) is 13.5. The number of nitrogens with one attached hydrogen (secondary N) is 2. The van der Waals surface area contributed by atoms with Gasteiger partial charge in [-0.25, -0.2) is 4.39 Å². The van der Waals surface area contributed by atoms with Crippen molar-refractivity contribution < 1.29 is 4.39 Å². The SMILES string of the molecule is CC(C)c1ccc(Nc2cnnc(Nc3ccccc3F)n2)cc1. The van der Waals surface area contributed by atoms with Gasteiger partial charge < -0.3 is 10.6 Å². The molecule has 0 radical (unpaired) electrons. The van der Waals surface area contributed by atoms with Gasteiger partial charge in [0.15, 0.2) is 5.82 Å². The van der Waals surface area contributed by atoms with Crippen LogP contribution in [-0.2, 0) is 0 Å². The Morgan fingerprint density at radius 1 is 0.958 bits per heavy atom. The summed E-state index contributed by atoms with van der Waals surface area (Å²) in [5, 5.41) is 13.8. The van der Waals surface area contributed by atoms with E-state index < -0.39 is 0 Å². The van der Waals surface area contributed by atoms with Gasteiger partial charge in [0, 0.05) is 5.69 Å². The first-order chi connectivity index (χ1) is 11.6. The molecule has 0 bridgehead atoms. The lowest BCUT2D eigenvalue weighted by molar-refractivity contribution is 0.631. The third-order valence-corrected chi connectivity index (χ3v) is 3.53. The van der Waals surface area contributed by atoms with Crippen molar-refractivity contribution in [3.63, 3.8) is 0 Å². The second-order valence-corrected chi connectivity index (χ2v) is 5.67. The number of nitrogens with zero attached hydrogens (tertiary/aromatic N) is 3. The van der Waals surface area contributed by atoms with Crippen LogP contribution in [0.5, 0.6) is 0 Å². The molecule has 3 rings (SSSR count). The summed E-state index contributed by atoms with van der Waals surface area (Å²) in [6.45, 7) is 4.30. The standard InChI is InChI=1S/C18H18FN5/c1-12(2)13-7-9-14(10-8-13)21-17-11-20-24-18(23-17)22-16-6-4-3-5-15(16)19/h3-12H,1-2H3,(H2,21,22,23,24). The zero-order valence-electron chi connectivity index (χ0n) is 13.5. The Morgan fingerprint density at radius 3 is 2.42 bits per heavy atom. The highest BCUT2D eigenvalue weighted by Gasteiger charge is 2.05. The van der Waals surface area contributed by atoms with Crippen molar-refractivity contribution in [1.29, 1.82) is 0 Å². The van der Waals surface area contributed by atoms with Gasteiger partial charge in [0.05, 0.1) is 11.9 Å². The fraction of sp³-hybridized carbons (Fsp3) is 0.167. The minimum absolute atomic E-state index is 0.226. The molecule has 0 fully saturated rings. The molecule has 2 N–H and O–H groups in total. The van der Waals surface area contributed by atoms with E-state index >= 15 is 0 Å². The third-order valence-electron chi connectivity index (χ3n) is 3.53. The highest BCUT2D eigenvalue weighted by atomic mass is 19.1. The Balaban J connectivity index is 1.74. The molecule has 0 atom stereocenters. The highest BCUT2D eigenvalue weighted by Crippen LogP contribution is 2.21. The Hall–Kier alpha value is -3.02. The van der Waals surface area contributed by atoms with Crippen LogP contribution in [0, 0.1) is 5.82 Å². The van der Waals surface area contributed by atoms with E-state index in [0.717, 1.165) is 5.69 Å². The average molecular weight is 323 g/mol. The van der Waals surface area contributed by atoms with Crippen LogP contribution in [0.2, 0.25) is 0 Å². The van der Waals surface area contributed by atoms with Crippen LogP contribution in [-0.4, -0.2) is 15.2 Å². The van der Waals surface area contributed by atoms with Crippen molar-refractivity contribution >= 4 is 23.1 Å². The molecular weight excluding hydrogens is 305 g/mol. The molecule has 2 aromatic carbocycles. The fourth-order valence-corrected chi connectivity index (χ4v) is 2.20. The van der Waals surface area contributed by atoms with Gasteiger partial charge in [0.2, 0.25) is 5.95 Å². The lowest BCUT2D eigenvalue weighted by atomic mass is 10.0. The topological polar surface area (TPSA) is 62.7 Å². The predicted octanol–water partition coefficient (Wildman–Crippen LogP) is 4.62. The van der Waals surface area contributed by atoms with Gasteiger partial charge in [-0.2, -0.15) is 10.1 Å². The minimum Gasteiger partial charge on any atom is -0.339 e. The molecule has 1 aromatic heterocycles. The number of rotatable bonds is 5. The van der Waals surface area contributed by atoms with E-state index in [1.807, 2.05) is 12.1 Å². The Bertz CT molecular complexity index is 818. The molecule has 0 spiro atoms. The summed E-state index contributed by atoms with van der Waals surface area (Å²) in [5.74, 6) is 0.866. The summed E-state index contributed by atoms with van der Waals surface area (Å²) in [7, 11) is 0. The Labute approximate surface area is 140 Å². The van der Waals surface area contributed by atoms with Gasteiger partial charge in [0.1, 0.15) is 5.82 Å². The molecule has 6 heteroatoms. The van der Waals surface area contributed by atoms with Crippen LogP contribution in [0.1, 0.15) is 25.3 Å².